The summed E-state index contributed by atoms with van der Waals surface area (Å²) in [6, 6.07) is 7.12. The number of hydrogen-bond acceptors (Lipinski definition) is 3. The van der Waals surface area contributed by atoms with Gasteiger partial charge in [0.15, 0.2) is 0 Å². The van der Waals surface area contributed by atoms with E-state index < -0.39 is 6.17 Å². The lowest BCUT2D eigenvalue weighted by Crippen LogP contribution is -2.48. The molecule has 26 heavy (non-hydrogen) atoms. The van der Waals surface area contributed by atoms with Crippen LogP contribution in [0.25, 0.3) is 0 Å². The summed E-state index contributed by atoms with van der Waals surface area (Å²) in [5, 5.41) is 11.3. The molecule has 7 nitrogen and oxygen atoms in total. The molecule has 0 fully saturated rings. The molecule has 0 heterocycles. The van der Waals surface area contributed by atoms with Gasteiger partial charge in [0, 0.05) is 32.9 Å². The second-order valence-corrected chi connectivity index (χ2v) is 6.43. The zero-order valence-electron chi connectivity index (χ0n) is 16.4. The van der Waals surface area contributed by atoms with Crippen molar-refractivity contribution in [1.82, 2.24) is 21.3 Å². The van der Waals surface area contributed by atoms with Gasteiger partial charge >= 0.3 is 12.1 Å². The molecule has 0 spiro atoms. The van der Waals surface area contributed by atoms with Gasteiger partial charge in [0.05, 0.1) is 0 Å². The van der Waals surface area contributed by atoms with Crippen LogP contribution < -0.4 is 26.2 Å². The minimum Gasteiger partial charge on any atom is -0.378 e. The minimum atomic E-state index is -0.602. The van der Waals surface area contributed by atoms with Crippen molar-refractivity contribution in [3.63, 3.8) is 0 Å². The zero-order valence-corrected chi connectivity index (χ0v) is 16.4. The Labute approximate surface area is 156 Å². The fourth-order valence-electron chi connectivity index (χ4n) is 2.29. The Morgan fingerprint density at radius 1 is 0.885 bits per heavy atom. The Kier molecular flexibility index (Phi) is 9.97. The fraction of sp³-hybridized carbons (Fsp3) is 0.579. The van der Waals surface area contributed by atoms with E-state index in [1.54, 1.807) is 0 Å². The van der Waals surface area contributed by atoms with Crippen LogP contribution in [0.3, 0.4) is 0 Å². The van der Waals surface area contributed by atoms with Crippen LogP contribution in [0.1, 0.15) is 51.3 Å². The molecule has 146 valence electrons. The number of rotatable bonds is 10. The number of anilines is 1. The van der Waals surface area contributed by atoms with E-state index in [2.05, 4.69) is 35.1 Å². The Balaban J connectivity index is 2.76. The van der Waals surface area contributed by atoms with Gasteiger partial charge in [-0.25, -0.2) is 9.59 Å². The molecular weight excluding hydrogens is 330 g/mol. The Hall–Kier alpha value is -2.44. The summed E-state index contributed by atoms with van der Waals surface area (Å²) in [5.74, 6) is 0. The smallest absolute Gasteiger partial charge is 0.316 e. The molecule has 0 atom stereocenters. The highest BCUT2D eigenvalue weighted by molar-refractivity contribution is 5.77. The molecule has 4 N–H and O–H groups in total. The summed E-state index contributed by atoms with van der Waals surface area (Å²) in [7, 11) is 3.93. The predicted molar refractivity (Wildman–Crippen MR) is 106 cm³/mol. The number of nitrogens with zero attached hydrogens (tertiary/aromatic N) is 1. The molecule has 0 aliphatic rings. The molecule has 0 unspecified atom stereocenters. The van der Waals surface area contributed by atoms with Gasteiger partial charge in [-0.05, 0) is 30.5 Å². The molecule has 0 aromatic heterocycles. The van der Waals surface area contributed by atoms with E-state index in [-0.39, 0.29) is 12.1 Å². The van der Waals surface area contributed by atoms with Gasteiger partial charge in [-0.3, -0.25) is 0 Å². The molecule has 7 heteroatoms. The second kappa shape index (κ2) is 12.0. The van der Waals surface area contributed by atoms with E-state index >= 15 is 0 Å². The standard InChI is InChI=1S/C19H33N5O2/c1-5-7-13-20-18(25)22-17(23-19(26)21-14-8-6-2)15-9-11-16(12-10-15)24(3)4/h9-12,17H,5-8,13-14H2,1-4H3,(H2,20,22,25)(H2,21,23,26). The van der Waals surface area contributed by atoms with Crippen molar-refractivity contribution in [1.29, 1.82) is 0 Å². The van der Waals surface area contributed by atoms with Crippen molar-refractivity contribution in [2.75, 3.05) is 32.1 Å². The van der Waals surface area contributed by atoms with Gasteiger partial charge < -0.3 is 26.2 Å². The summed E-state index contributed by atoms with van der Waals surface area (Å²) >= 11 is 0. The van der Waals surface area contributed by atoms with E-state index in [0.717, 1.165) is 36.9 Å². The fourth-order valence-corrected chi connectivity index (χ4v) is 2.29. The lowest BCUT2D eigenvalue weighted by molar-refractivity contribution is 0.226. The topological polar surface area (TPSA) is 85.5 Å². The lowest BCUT2D eigenvalue weighted by Gasteiger charge is -2.22. The molecule has 0 saturated carbocycles. The SMILES string of the molecule is CCCCNC(=O)NC(NC(=O)NCCCC)c1ccc(N(C)C)cc1. The summed E-state index contributed by atoms with van der Waals surface area (Å²) < 4.78 is 0. The summed E-state index contributed by atoms with van der Waals surface area (Å²) in [5.41, 5.74) is 1.86. The first-order valence-electron chi connectivity index (χ1n) is 9.33. The average molecular weight is 364 g/mol. The number of unbranched alkanes of at least 4 members (excludes halogenated alkanes) is 2. The molecule has 1 aromatic carbocycles. The van der Waals surface area contributed by atoms with E-state index in [1.165, 1.54) is 0 Å². The number of urea groups is 2. The van der Waals surface area contributed by atoms with Gasteiger partial charge in [0.25, 0.3) is 0 Å². The summed E-state index contributed by atoms with van der Waals surface area (Å²) in [4.78, 5) is 26.2. The van der Waals surface area contributed by atoms with Crippen LogP contribution in [0.15, 0.2) is 24.3 Å². The molecule has 0 saturated heterocycles. The third-order valence-corrected chi connectivity index (χ3v) is 3.93. The van der Waals surface area contributed by atoms with E-state index in [9.17, 15) is 9.59 Å². The molecule has 0 aliphatic heterocycles. The van der Waals surface area contributed by atoms with Gasteiger partial charge in [-0.15, -0.1) is 0 Å². The maximum atomic E-state index is 12.1. The van der Waals surface area contributed by atoms with Crippen LogP contribution in [-0.2, 0) is 0 Å². The molecular formula is C19H33N5O2. The molecule has 1 aromatic rings. The monoisotopic (exact) mass is 363 g/mol. The van der Waals surface area contributed by atoms with Gasteiger partial charge in [0.1, 0.15) is 6.17 Å². The van der Waals surface area contributed by atoms with E-state index in [1.807, 2.05) is 43.3 Å². The first-order valence-corrected chi connectivity index (χ1v) is 9.33. The predicted octanol–water partition coefficient (Wildman–Crippen LogP) is 2.95. The molecule has 1 rings (SSSR count). The van der Waals surface area contributed by atoms with Gasteiger partial charge in [-0.1, -0.05) is 38.8 Å². The largest absolute Gasteiger partial charge is 0.378 e. The van der Waals surface area contributed by atoms with Crippen molar-refractivity contribution in [3.05, 3.63) is 29.8 Å². The van der Waals surface area contributed by atoms with Crippen LogP contribution in [0.2, 0.25) is 0 Å². The van der Waals surface area contributed by atoms with Crippen LogP contribution in [-0.4, -0.2) is 39.2 Å². The Morgan fingerprint density at radius 2 is 1.35 bits per heavy atom. The first kappa shape index (κ1) is 21.6. The lowest BCUT2D eigenvalue weighted by atomic mass is 10.1. The number of carbonyl (C=O) groups is 2. The highest BCUT2D eigenvalue weighted by Crippen LogP contribution is 2.16. The summed E-state index contributed by atoms with van der Waals surface area (Å²) in [6.07, 6.45) is 3.25. The van der Waals surface area contributed by atoms with Crippen LogP contribution in [0.5, 0.6) is 0 Å². The Bertz CT molecular complexity index is 521. The molecule has 0 bridgehead atoms. The second-order valence-electron chi connectivity index (χ2n) is 6.43. The van der Waals surface area contributed by atoms with Crippen LogP contribution in [0.4, 0.5) is 15.3 Å². The van der Waals surface area contributed by atoms with Crippen molar-refractivity contribution in [2.45, 2.75) is 45.7 Å². The van der Waals surface area contributed by atoms with Crippen molar-refractivity contribution < 1.29 is 9.59 Å². The molecule has 0 radical (unpaired) electrons. The number of amides is 4. The van der Waals surface area contributed by atoms with E-state index in [0.29, 0.717) is 13.1 Å². The summed E-state index contributed by atoms with van der Waals surface area (Å²) in [6.45, 7) is 5.35. The normalized spacial score (nSPS) is 10.3. The Morgan fingerprint density at radius 3 is 1.73 bits per heavy atom. The van der Waals surface area contributed by atoms with Crippen LogP contribution in [0, 0.1) is 0 Å². The maximum Gasteiger partial charge on any atom is 0.316 e. The van der Waals surface area contributed by atoms with Crippen LogP contribution >= 0.6 is 0 Å². The number of nitrogens with one attached hydrogen (secondary N) is 4. The zero-order chi connectivity index (χ0) is 19.4. The third kappa shape index (κ3) is 8.09. The molecule has 4 amide bonds. The third-order valence-electron chi connectivity index (χ3n) is 3.93. The number of benzene rings is 1. The maximum absolute atomic E-state index is 12.1. The highest BCUT2D eigenvalue weighted by Gasteiger charge is 2.17. The average Bonchev–Trinajstić information content (AvgIpc) is 2.61. The van der Waals surface area contributed by atoms with E-state index in [4.69, 9.17) is 0 Å². The highest BCUT2D eigenvalue weighted by atomic mass is 16.2. The van der Waals surface area contributed by atoms with Gasteiger partial charge in [0.2, 0.25) is 0 Å². The quantitative estimate of drug-likeness (QED) is 0.381. The minimum absolute atomic E-state index is 0.297. The molecule has 0 aliphatic carbocycles. The van der Waals surface area contributed by atoms with Gasteiger partial charge in [-0.2, -0.15) is 0 Å². The number of carbonyl (C=O) groups excluding carboxylic acids is 2. The number of hydrogen-bond donors (Lipinski definition) is 4. The van der Waals surface area contributed by atoms with Crippen molar-refractivity contribution in [3.8, 4) is 0 Å². The van der Waals surface area contributed by atoms with Crippen molar-refractivity contribution in [2.24, 2.45) is 0 Å². The van der Waals surface area contributed by atoms with Crippen molar-refractivity contribution >= 4 is 17.7 Å². The first-order chi connectivity index (χ1) is 12.5.